The number of aryl methyl sites for hydroxylation is 1. The molecule has 0 atom stereocenters. The highest BCUT2D eigenvalue weighted by atomic mass is 16.1. The SMILES string of the molecule is Cc1ccc(C(=O)C(C)C)c(C2CNC2)c1C#N. The number of hydrogen-bond donors (Lipinski definition) is 1. The monoisotopic (exact) mass is 242 g/mol. The zero-order valence-electron chi connectivity index (χ0n) is 11.1. The van der Waals surface area contributed by atoms with Crippen molar-refractivity contribution in [3.05, 3.63) is 34.4 Å². The Labute approximate surface area is 108 Å². The topological polar surface area (TPSA) is 52.9 Å². The summed E-state index contributed by atoms with van der Waals surface area (Å²) in [5.74, 6) is 0.400. The van der Waals surface area contributed by atoms with Crippen LogP contribution in [0, 0.1) is 24.2 Å². The molecule has 1 heterocycles. The molecule has 0 unspecified atom stereocenters. The van der Waals surface area contributed by atoms with Crippen LogP contribution < -0.4 is 5.32 Å². The van der Waals surface area contributed by atoms with Crippen molar-refractivity contribution in [1.29, 1.82) is 5.26 Å². The summed E-state index contributed by atoms with van der Waals surface area (Å²) in [5.41, 5.74) is 3.33. The van der Waals surface area contributed by atoms with E-state index in [1.165, 1.54) is 0 Å². The number of ketones is 1. The first kappa shape index (κ1) is 12.8. The van der Waals surface area contributed by atoms with E-state index in [0.29, 0.717) is 11.5 Å². The molecule has 0 radical (unpaired) electrons. The largest absolute Gasteiger partial charge is 0.315 e. The van der Waals surface area contributed by atoms with E-state index in [1.807, 2.05) is 32.9 Å². The lowest BCUT2D eigenvalue weighted by atomic mass is 9.82. The van der Waals surface area contributed by atoms with E-state index in [0.717, 1.165) is 29.8 Å². The summed E-state index contributed by atoms with van der Waals surface area (Å²) in [6, 6.07) is 6.03. The molecule has 3 heteroatoms. The van der Waals surface area contributed by atoms with Crippen LogP contribution in [0.1, 0.15) is 46.8 Å². The van der Waals surface area contributed by atoms with Gasteiger partial charge >= 0.3 is 0 Å². The quantitative estimate of drug-likeness (QED) is 0.828. The van der Waals surface area contributed by atoms with E-state index in [1.54, 1.807) is 0 Å². The maximum Gasteiger partial charge on any atom is 0.165 e. The number of Topliss-reactive ketones (excluding diaryl/α,β-unsaturated/α-hetero) is 1. The molecule has 18 heavy (non-hydrogen) atoms. The van der Waals surface area contributed by atoms with E-state index in [-0.39, 0.29) is 11.7 Å². The van der Waals surface area contributed by atoms with E-state index >= 15 is 0 Å². The highest BCUT2D eigenvalue weighted by Crippen LogP contribution is 2.30. The Morgan fingerprint density at radius 2 is 2.11 bits per heavy atom. The Morgan fingerprint density at radius 3 is 2.56 bits per heavy atom. The lowest BCUT2D eigenvalue weighted by Crippen LogP contribution is -2.41. The number of carbonyl (C=O) groups excluding carboxylic acids is 1. The van der Waals surface area contributed by atoms with Gasteiger partial charge in [-0.25, -0.2) is 0 Å². The zero-order chi connectivity index (χ0) is 13.3. The summed E-state index contributed by atoms with van der Waals surface area (Å²) in [7, 11) is 0. The van der Waals surface area contributed by atoms with Crippen molar-refractivity contribution in [1.82, 2.24) is 5.32 Å². The second-order valence-electron chi connectivity index (χ2n) is 5.20. The van der Waals surface area contributed by atoms with Crippen LogP contribution in [-0.4, -0.2) is 18.9 Å². The van der Waals surface area contributed by atoms with Gasteiger partial charge in [0.2, 0.25) is 0 Å². The van der Waals surface area contributed by atoms with E-state index < -0.39 is 0 Å². The molecular formula is C15H18N2O. The predicted octanol–water partition coefficient (Wildman–Crippen LogP) is 2.39. The number of benzene rings is 1. The zero-order valence-corrected chi connectivity index (χ0v) is 11.1. The first-order valence-corrected chi connectivity index (χ1v) is 6.34. The third-order valence-electron chi connectivity index (χ3n) is 3.55. The summed E-state index contributed by atoms with van der Waals surface area (Å²) in [6.07, 6.45) is 0. The molecule has 1 aliphatic rings. The molecular weight excluding hydrogens is 224 g/mol. The Kier molecular flexibility index (Phi) is 3.49. The van der Waals surface area contributed by atoms with Crippen LogP contribution in [0.3, 0.4) is 0 Å². The average Bonchev–Trinajstić information content (AvgIpc) is 2.26. The number of nitrogens with one attached hydrogen (secondary N) is 1. The molecule has 1 saturated heterocycles. The molecule has 1 fully saturated rings. The van der Waals surface area contributed by atoms with Crippen molar-refractivity contribution in [2.45, 2.75) is 26.7 Å². The van der Waals surface area contributed by atoms with Crippen LogP contribution in [0.25, 0.3) is 0 Å². The van der Waals surface area contributed by atoms with Crippen molar-refractivity contribution in [2.75, 3.05) is 13.1 Å². The van der Waals surface area contributed by atoms with Crippen LogP contribution in [0.4, 0.5) is 0 Å². The van der Waals surface area contributed by atoms with Gasteiger partial charge in [0.05, 0.1) is 11.6 Å². The molecule has 1 aliphatic heterocycles. The maximum absolute atomic E-state index is 12.3. The summed E-state index contributed by atoms with van der Waals surface area (Å²) in [5, 5.41) is 12.5. The van der Waals surface area contributed by atoms with Crippen LogP contribution in [0.15, 0.2) is 12.1 Å². The minimum Gasteiger partial charge on any atom is -0.315 e. The lowest BCUT2D eigenvalue weighted by Gasteiger charge is -2.30. The third-order valence-corrected chi connectivity index (χ3v) is 3.55. The Bertz CT molecular complexity index is 522. The standard InChI is InChI=1S/C15H18N2O/c1-9(2)15(18)12-5-4-10(3)13(6-16)14(12)11-7-17-8-11/h4-5,9,11,17H,7-8H2,1-3H3. The van der Waals surface area contributed by atoms with Gasteiger partial charge in [0, 0.05) is 30.5 Å². The van der Waals surface area contributed by atoms with Crippen LogP contribution in [0.5, 0.6) is 0 Å². The van der Waals surface area contributed by atoms with Gasteiger partial charge in [0.15, 0.2) is 5.78 Å². The van der Waals surface area contributed by atoms with Crippen molar-refractivity contribution in [2.24, 2.45) is 5.92 Å². The number of nitrogens with zero attached hydrogens (tertiary/aromatic N) is 1. The number of hydrogen-bond acceptors (Lipinski definition) is 3. The first-order valence-electron chi connectivity index (χ1n) is 6.34. The van der Waals surface area contributed by atoms with E-state index in [9.17, 15) is 10.1 Å². The van der Waals surface area contributed by atoms with Crippen LogP contribution in [0.2, 0.25) is 0 Å². The van der Waals surface area contributed by atoms with Crippen LogP contribution >= 0.6 is 0 Å². The number of rotatable bonds is 3. The second kappa shape index (κ2) is 4.91. The van der Waals surface area contributed by atoms with Crippen molar-refractivity contribution >= 4 is 5.78 Å². The average molecular weight is 242 g/mol. The van der Waals surface area contributed by atoms with Gasteiger partial charge < -0.3 is 5.32 Å². The molecule has 1 N–H and O–H groups in total. The molecule has 1 aromatic carbocycles. The number of carbonyl (C=O) groups is 1. The molecule has 3 nitrogen and oxygen atoms in total. The van der Waals surface area contributed by atoms with Gasteiger partial charge in [-0.3, -0.25) is 4.79 Å². The Morgan fingerprint density at radius 1 is 1.44 bits per heavy atom. The summed E-state index contributed by atoms with van der Waals surface area (Å²) < 4.78 is 0. The molecule has 94 valence electrons. The van der Waals surface area contributed by atoms with Gasteiger partial charge in [-0.1, -0.05) is 26.0 Å². The first-order chi connectivity index (χ1) is 8.56. The molecule has 0 bridgehead atoms. The molecule has 0 spiro atoms. The van der Waals surface area contributed by atoms with Gasteiger partial charge in [-0.15, -0.1) is 0 Å². The molecule has 0 aliphatic carbocycles. The highest BCUT2D eigenvalue weighted by molar-refractivity contribution is 5.99. The van der Waals surface area contributed by atoms with Gasteiger partial charge in [0.25, 0.3) is 0 Å². The van der Waals surface area contributed by atoms with Crippen molar-refractivity contribution in [3.63, 3.8) is 0 Å². The molecule has 2 rings (SSSR count). The summed E-state index contributed by atoms with van der Waals surface area (Å²) >= 11 is 0. The van der Waals surface area contributed by atoms with Gasteiger partial charge in [-0.2, -0.15) is 5.26 Å². The lowest BCUT2D eigenvalue weighted by molar-refractivity contribution is 0.0937. The van der Waals surface area contributed by atoms with E-state index in [2.05, 4.69) is 11.4 Å². The maximum atomic E-state index is 12.3. The molecule has 1 aromatic rings. The second-order valence-corrected chi connectivity index (χ2v) is 5.20. The fourth-order valence-electron chi connectivity index (χ4n) is 2.32. The fraction of sp³-hybridized carbons (Fsp3) is 0.467. The Balaban J connectivity index is 2.59. The smallest absolute Gasteiger partial charge is 0.165 e. The predicted molar refractivity (Wildman–Crippen MR) is 70.7 cm³/mol. The van der Waals surface area contributed by atoms with Gasteiger partial charge in [-0.05, 0) is 18.1 Å². The Hall–Kier alpha value is -1.66. The van der Waals surface area contributed by atoms with Crippen molar-refractivity contribution < 1.29 is 4.79 Å². The fourth-order valence-corrected chi connectivity index (χ4v) is 2.32. The number of nitriles is 1. The summed E-state index contributed by atoms with van der Waals surface area (Å²) in [6.45, 7) is 7.44. The van der Waals surface area contributed by atoms with Crippen LogP contribution in [-0.2, 0) is 0 Å². The normalized spacial score (nSPS) is 15.3. The summed E-state index contributed by atoms with van der Waals surface area (Å²) in [4.78, 5) is 12.3. The van der Waals surface area contributed by atoms with Crippen molar-refractivity contribution in [3.8, 4) is 6.07 Å². The molecule has 0 amide bonds. The van der Waals surface area contributed by atoms with E-state index in [4.69, 9.17) is 0 Å². The minimum absolute atomic E-state index is 0.0361. The van der Waals surface area contributed by atoms with Gasteiger partial charge in [0.1, 0.15) is 0 Å². The molecule has 0 saturated carbocycles. The highest BCUT2D eigenvalue weighted by Gasteiger charge is 2.28. The third kappa shape index (κ3) is 2.04. The molecule has 0 aromatic heterocycles. The minimum atomic E-state index is -0.0361.